The molecule has 0 aromatic heterocycles. The average Bonchev–Trinajstić information content (AvgIpc) is 3.42. The van der Waals surface area contributed by atoms with Crippen LogP contribution in [0.25, 0.3) is 0 Å². The Morgan fingerprint density at radius 1 is 0.325 bits per heavy atom. The van der Waals surface area contributed by atoms with Crippen LogP contribution in [-0.2, 0) is 31.5 Å². The maximum atomic E-state index is 14.7. The van der Waals surface area contributed by atoms with Gasteiger partial charge in [-0.1, -0.05) is 166 Å². The standard InChI is InChI=1S/C64H88N4O7P2/c1-53(25-21-29-57(5)49-65-61-33-13-9-14-34-61)41-45-71-76(69,72-46-42-54(2)26-22-30-58(6)50-66-62-35-15-10-16-36-62)75-77(70,73-47-43-55(3)27-23-31-59(7)51-67-63-37-17-11-18-38-63)74-48-44-56(4)28-24-32-60(8)52-68-64-39-19-12-20-40-64/h9-20,29-44,65-68H,21-28,45-52H2,1-8H3/b53-41+,54-42+,55-43+,56-44+,57-29+,58-30+,59-31+,60-32+. The van der Waals surface area contributed by atoms with Gasteiger partial charge in [0.1, 0.15) is 0 Å². The zero-order chi connectivity index (χ0) is 55.4. The molecule has 4 aromatic carbocycles. The summed E-state index contributed by atoms with van der Waals surface area (Å²) in [6.07, 6.45) is 22.5. The first kappa shape index (κ1) is 63.8. The Hall–Kier alpha value is -5.74. The predicted molar refractivity (Wildman–Crippen MR) is 327 cm³/mol. The molecule has 0 fully saturated rings. The fourth-order valence-corrected chi connectivity index (χ4v) is 10.4. The number of allylic oxidation sites excluding steroid dienone is 8. The van der Waals surface area contributed by atoms with Crippen LogP contribution in [0.15, 0.2) is 215 Å². The molecule has 11 nitrogen and oxygen atoms in total. The van der Waals surface area contributed by atoms with E-state index in [9.17, 15) is 9.13 Å². The number of nitrogens with one attached hydrogen (secondary N) is 4. The summed E-state index contributed by atoms with van der Waals surface area (Å²) in [5.41, 5.74) is 13.3. The van der Waals surface area contributed by atoms with E-state index in [4.69, 9.17) is 22.4 Å². The van der Waals surface area contributed by atoms with E-state index >= 15 is 0 Å². The van der Waals surface area contributed by atoms with Crippen LogP contribution in [0.3, 0.4) is 0 Å². The van der Waals surface area contributed by atoms with Crippen molar-refractivity contribution in [1.29, 1.82) is 0 Å². The summed E-state index contributed by atoms with van der Waals surface area (Å²) in [7, 11) is -9.14. The summed E-state index contributed by atoms with van der Waals surface area (Å²) in [5.74, 6) is 0. The topological polar surface area (TPSA) is 128 Å². The monoisotopic (exact) mass is 1090 g/mol. The minimum atomic E-state index is -4.57. The van der Waals surface area contributed by atoms with Crippen molar-refractivity contribution in [2.75, 3.05) is 73.9 Å². The van der Waals surface area contributed by atoms with E-state index in [-0.39, 0.29) is 26.4 Å². The zero-order valence-corrected chi connectivity index (χ0v) is 49.0. The van der Waals surface area contributed by atoms with Gasteiger partial charge < -0.3 is 21.3 Å². The molecule has 0 saturated carbocycles. The molecule has 0 atom stereocenters. The highest BCUT2D eigenvalue weighted by atomic mass is 31.3. The van der Waals surface area contributed by atoms with E-state index in [0.29, 0.717) is 0 Å². The van der Waals surface area contributed by atoms with Gasteiger partial charge in [-0.3, -0.25) is 18.1 Å². The van der Waals surface area contributed by atoms with Crippen molar-refractivity contribution in [2.24, 2.45) is 0 Å². The van der Waals surface area contributed by atoms with Crippen LogP contribution in [0.2, 0.25) is 0 Å². The molecule has 4 rings (SSSR count). The Morgan fingerprint density at radius 3 is 0.740 bits per heavy atom. The largest absolute Gasteiger partial charge is 0.484 e. The molecule has 0 amide bonds. The van der Waals surface area contributed by atoms with Crippen molar-refractivity contribution >= 4 is 38.4 Å². The molecule has 0 unspecified atom stereocenters. The third-order valence-electron chi connectivity index (χ3n) is 12.4. The fraction of sp³-hybridized carbons (Fsp3) is 0.375. The van der Waals surface area contributed by atoms with Crippen LogP contribution >= 0.6 is 15.6 Å². The number of hydrogen-bond donors (Lipinski definition) is 4. The minimum absolute atomic E-state index is 0.106. The van der Waals surface area contributed by atoms with Crippen molar-refractivity contribution in [3.8, 4) is 0 Å². The van der Waals surface area contributed by atoms with Gasteiger partial charge in [-0.15, -0.1) is 0 Å². The van der Waals surface area contributed by atoms with Gasteiger partial charge in [0.2, 0.25) is 0 Å². The summed E-state index contributed by atoms with van der Waals surface area (Å²) in [4.78, 5) is 0. The van der Waals surface area contributed by atoms with Crippen molar-refractivity contribution < 1.29 is 31.5 Å². The lowest BCUT2D eigenvalue weighted by atomic mass is 10.1. The van der Waals surface area contributed by atoms with Crippen LogP contribution in [-0.4, -0.2) is 52.6 Å². The molecule has 0 aliphatic rings. The Labute approximate surface area is 463 Å². The molecular formula is C64H88N4O7P2. The molecule has 416 valence electrons. The molecule has 0 heterocycles. The highest BCUT2D eigenvalue weighted by molar-refractivity contribution is 7.62. The van der Waals surface area contributed by atoms with Gasteiger partial charge in [-0.05, 0) is 155 Å². The second-order valence-electron chi connectivity index (χ2n) is 19.6. The van der Waals surface area contributed by atoms with Gasteiger partial charge in [0.25, 0.3) is 0 Å². The molecule has 13 heteroatoms. The summed E-state index contributed by atoms with van der Waals surface area (Å²) in [6.45, 7) is 19.0. The Kier molecular flexibility index (Phi) is 30.8. The van der Waals surface area contributed by atoms with Gasteiger partial charge in [0.05, 0.1) is 26.4 Å². The number of rotatable bonds is 38. The molecular weight excluding hydrogens is 999 g/mol. The van der Waals surface area contributed by atoms with Gasteiger partial charge in [-0.2, -0.15) is 4.31 Å². The van der Waals surface area contributed by atoms with Crippen LogP contribution in [0.4, 0.5) is 22.7 Å². The van der Waals surface area contributed by atoms with E-state index in [1.807, 2.05) is 173 Å². The number of anilines is 4. The van der Waals surface area contributed by atoms with Crippen molar-refractivity contribution in [2.45, 2.75) is 107 Å². The lowest BCUT2D eigenvalue weighted by Crippen LogP contribution is -2.06. The second kappa shape index (κ2) is 37.1. The summed E-state index contributed by atoms with van der Waals surface area (Å²) in [5, 5.41) is 13.8. The van der Waals surface area contributed by atoms with E-state index in [2.05, 4.69) is 73.3 Å². The maximum Gasteiger partial charge on any atom is 0.484 e. The Bertz CT molecular complexity index is 2310. The quantitative estimate of drug-likeness (QED) is 0.0253. The normalized spacial score (nSPS) is 13.7. The van der Waals surface area contributed by atoms with Gasteiger partial charge in [0.15, 0.2) is 0 Å². The molecule has 4 N–H and O–H groups in total. The molecule has 0 radical (unpaired) electrons. The van der Waals surface area contributed by atoms with E-state index < -0.39 is 15.6 Å². The highest BCUT2D eigenvalue weighted by Crippen LogP contribution is 2.66. The first-order chi connectivity index (χ1) is 37.2. The smallest absolute Gasteiger partial charge is 0.381 e. The SMILES string of the molecule is C/C(=C\COP(=O)(OC/C=C(\C)CC/C=C(\C)CNc1ccccc1)OP(=O)(OC/C=C(\C)CC/C=C(\C)CNc1ccccc1)OC/C=C(\C)CC/C=C(\C)CNc1ccccc1)CC/C=C(\C)CNc1ccccc1. The predicted octanol–water partition coefficient (Wildman–Crippen LogP) is 18.4. The maximum absolute atomic E-state index is 14.7. The van der Waals surface area contributed by atoms with E-state index in [0.717, 1.165) is 123 Å². The number of para-hydroxylation sites is 4. The van der Waals surface area contributed by atoms with Gasteiger partial charge in [-0.25, -0.2) is 9.13 Å². The first-order valence-corrected chi connectivity index (χ1v) is 30.0. The second-order valence-corrected chi connectivity index (χ2v) is 23.1. The fourth-order valence-electron chi connectivity index (χ4n) is 7.45. The Balaban J connectivity index is 1.45. The van der Waals surface area contributed by atoms with Crippen LogP contribution in [0.5, 0.6) is 0 Å². The minimum Gasteiger partial charge on any atom is -0.381 e. The summed E-state index contributed by atoms with van der Waals surface area (Å²) >= 11 is 0. The van der Waals surface area contributed by atoms with Crippen molar-refractivity contribution in [3.63, 3.8) is 0 Å². The molecule has 0 bridgehead atoms. The number of phosphoric ester groups is 2. The van der Waals surface area contributed by atoms with Gasteiger partial charge in [0, 0.05) is 48.9 Å². The molecule has 0 saturated heterocycles. The molecule has 0 aliphatic carbocycles. The number of benzene rings is 4. The number of phosphoric acid groups is 2. The molecule has 4 aromatic rings. The Morgan fingerprint density at radius 2 is 0.532 bits per heavy atom. The van der Waals surface area contributed by atoms with Gasteiger partial charge >= 0.3 is 15.6 Å². The first-order valence-electron chi connectivity index (χ1n) is 27.1. The zero-order valence-electron chi connectivity index (χ0n) is 47.2. The third-order valence-corrected chi connectivity index (χ3v) is 15.8. The third kappa shape index (κ3) is 30.1. The van der Waals surface area contributed by atoms with Crippen LogP contribution in [0, 0.1) is 0 Å². The molecule has 77 heavy (non-hydrogen) atoms. The lowest BCUT2D eigenvalue weighted by molar-refractivity contribution is 0.130. The molecule has 0 aliphatic heterocycles. The lowest BCUT2D eigenvalue weighted by Gasteiger charge is -2.22. The average molecular weight is 1090 g/mol. The summed E-state index contributed by atoms with van der Waals surface area (Å²) < 4.78 is 59.1. The van der Waals surface area contributed by atoms with Crippen molar-refractivity contribution in [3.05, 3.63) is 215 Å². The summed E-state index contributed by atoms with van der Waals surface area (Å²) in [6, 6.07) is 40.5. The van der Waals surface area contributed by atoms with E-state index in [1.54, 1.807) is 0 Å². The molecule has 0 spiro atoms. The van der Waals surface area contributed by atoms with Crippen LogP contribution < -0.4 is 21.3 Å². The van der Waals surface area contributed by atoms with E-state index in [1.165, 1.54) is 22.3 Å². The van der Waals surface area contributed by atoms with Crippen LogP contribution in [0.1, 0.15) is 107 Å². The highest BCUT2D eigenvalue weighted by Gasteiger charge is 2.40. The van der Waals surface area contributed by atoms with Crippen molar-refractivity contribution in [1.82, 2.24) is 0 Å². The number of hydrogen-bond acceptors (Lipinski definition) is 11.